The van der Waals surface area contributed by atoms with Crippen LogP contribution in [0, 0.1) is 12.3 Å². The zero-order valence-corrected chi connectivity index (χ0v) is 15.6. The highest BCUT2D eigenvalue weighted by atomic mass is 16.5. The molecule has 2 aliphatic rings. The van der Waals surface area contributed by atoms with Crippen LogP contribution in [0.4, 0.5) is 0 Å². The van der Waals surface area contributed by atoms with Gasteiger partial charge in [-0.1, -0.05) is 24.3 Å². The van der Waals surface area contributed by atoms with Gasteiger partial charge in [-0.05, 0) is 63.6 Å². The number of carbonyl (C=O) groups is 1. The van der Waals surface area contributed by atoms with Crippen LogP contribution in [0.1, 0.15) is 43.7 Å². The van der Waals surface area contributed by atoms with Crippen molar-refractivity contribution in [3.05, 3.63) is 35.4 Å². The molecule has 4 nitrogen and oxygen atoms in total. The number of rotatable bonds is 5. The number of nitrogens with zero attached hydrogens (tertiary/aromatic N) is 1. The summed E-state index contributed by atoms with van der Waals surface area (Å²) < 4.78 is 11.1. The zero-order valence-electron chi connectivity index (χ0n) is 15.6. The van der Waals surface area contributed by atoms with Crippen molar-refractivity contribution in [2.24, 2.45) is 5.41 Å². The van der Waals surface area contributed by atoms with Gasteiger partial charge in [0, 0.05) is 25.8 Å². The first-order valence-corrected chi connectivity index (χ1v) is 9.68. The van der Waals surface area contributed by atoms with Crippen molar-refractivity contribution in [3.8, 4) is 0 Å². The molecule has 0 unspecified atom stereocenters. The molecule has 2 heterocycles. The Morgan fingerprint density at radius 2 is 2.08 bits per heavy atom. The van der Waals surface area contributed by atoms with Gasteiger partial charge in [0.1, 0.15) is 0 Å². The number of aryl methyl sites for hydroxylation is 1. The number of hydrogen-bond donors (Lipinski definition) is 0. The molecule has 0 bridgehead atoms. The average molecular weight is 345 g/mol. The highest BCUT2D eigenvalue weighted by molar-refractivity contribution is 5.78. The lowest BCUT2D eigenvalue weighted by Gasteiger charge is -2.45. The molecule has 0 spiro atoms. The fraction of sp³-hybridized carbons (Fsp3) is 0.667. The molecular weight excluding hydrogens is 314 g/mol. The highest BCUT2D eigenvalue weighted by Crippen LogP contribution is 2.37. The molecular formula is C21H31NO3. The van der Waals surface area contributed by atoms with Crippen molar-refractivity contribution < 1.29 is 14.3 Å². The third-order valence-corrected chi connectivity index (χ3v) is 5.81. The molecule has 3 rings (SSSR count). The first-order valence-electron chi connectivity index (χ1n) is 9.68. The Bertz CT molecular complexity index is 582. The minimum absolute atomic E-state index is 0.0185. The van der Waals surface area contributed by atoms with E-state index in [1.54, 1.807) is 0 Å². The minimum Gasteiger partial charge on any atom is -0.466 e. The SMILES string of the molecule is CCOC(=O)[C@]1(Cc2ccccc2C)CCCN(C2CCOCC2)C1. The highest BCUT2D eigenvalue weighted by Gasteiger charge is 2.45. The lowest BCUT2D eigenvalue weighted by molar-refractivity contribution is -0.160. The van der Waals surface area contributed by atoms with Crippen LogP contribution in [0.3, 0.4) is 0 Å². The number of piperidine rings is 1. The number of benzene rings is 1. The smallest absolute Gasteiger partial charge is 0.313 e. The lowest BCUT2D eigenvalue weighted by atomic mass is 9.74. The van der Waals surface area contributed by atoms with E-state index < -0.39 is 5.41 Å². The zero-order chi connectivity index (χ0) is 17.7. The molecule has 0 saturated carbocycles. The van der Waals surface area contributed by atoms with E-state index in [1.165, 1.54) is 11.1 Å². The standard InChI is InChI=1S/C21H31NO3/c1-3-25-20(23)21(15-18-8-5-4-7-17(18)2)11-6-12-22(16-21)19-9-13-24-14-10-19/h4-5,7-8,19H,3,6,9-16H2,1-2H3/t21-/m0/s1. The molecule has 1 aromatic carbocycles. The van der Waals surface area contributed by atoms with Crippen molar-refractivity contribution in [1.82, 2.24) is 4.90 Å². The summed E-state index contributed by atoms with van der Waals surface area (Å²) in [5, 5.41) is 0. The molecule has 0 radical (unpaired) electrons. The van der Waals surface area contributed by atoms with Gasteiger partial charge in [0.2, 0.25) is 0 Å². The number of likely N-dealkylation sites (tertiary alicyclic amines) is 1. The quantitative estimate of drug-likeness (QED) is 0.767. The summed E-state index contributed by atoms with van der Waals surface area (Å²) in [7, 11) is 0. The van der Waals surface area contributed by atoms with Crippen LogP contribution >= 0.6 is 0 Å². The summed E-state index contributed by atoms with van der Waals surface area (Å²) in [5.74, 6) is -0.0185. The molecule has 25 heavy (non-hydrogen) atoms. The second-order valence-electron chi connectivity index (χ2n) is 7.52. The van der Waals surface area contributed by atoms with Gasteiger partial charge < -0.3 is 9.47 Å². The van der Waals surface area contributed by atoms with Gasteiger partial charge in [-0.3, -0.25) is 9.69 Å². The third-order valence-electron chi connectivity index (χ3n) is 5.81. The monoisotopic (exact) mass is 345 g/mol. The topological polar surface area (TPSA) is 38.8 Å². The predicted octanol–water partition coefficient (Wildman–Crippen LogP) is 3.36. The summed E-state index contributed by atoms with van der Waals surface area (Å²) in [6.07, 6.45) is 4.90. The van der Waals surface area contributed by atoms with E-state index in [1.807, 2.05) is 6.92 Å². The van der Waals surface area contributed by atoms with Crippen LogP contribution in [-0.2, 0) is 20.7 Å². The van der Waals surface area contributed by atoms with Gasteiger partial charge in [-0.2, -0.15) is 0 Å². The maximum absolute atomic E-state index is 13.0. The first kappa shape index (κ1) is 18.4. The summed E-state index contributed by atoms with van der Waals surface area (Å²) in [6.45, 7) is 8.05. The maximum atomic E-state index is 13.0. The summed E-state index contributed by atoms with van der Waals surface area (Å²) in [4.78, 5) is 15.5. The van der Waals surface area contributed by atoms with Crippen molar-refractivity contribution in [2.45, 2.75) is 52.0 Å². The lowest BCUT2D eigenvalue weighted by Crippen LogP contribution is -2.53. The molecule has 0 aromatic heterocycles. The van der Waals surface area contributed by atoms with Crippen LogP contribution in [0.2, 0.25) is 0 Å². The summed E-state index contributed by atoms with van der Waals surface area (Å²) >= 11 is 0. The normalized spacial score (nSPS) is 25.7. The van der Waals surface area contributed by atoms with Gasteiger partial charge in [-0.25, -0.2) is 0 Å². The van der Waals surface area contributed by atoms with Gasteiger partial charge in [0.05, 0.1) is 12.0 Å². The third kappa shape index (κ3) is 4.24. The van der Waals surface area contributed by atoms with Crippen LogP contribution in [0.25, 0.3) is 0 Å². The van der Waals surface area contributed by atoms with E-state index in [9.17, 15) is 4.79 Å². The Balaban J connectivity index is 1.83. The summed E-state index contributed by atoms with van der Waals surface area (Å²) in [6, 6.07) is 8.96. The average Bonchev–Trinajstić information content (AvgIpc) is 2.65. The number of esters is 1. The Morgan fingerprint density at radius 3 is 2.80 bits per heavy atom. The Morgan fingerprint density at radius 1 is 1.32 bits per heavy atom. The Hall–Kier alpha value is -1.39. The van der Waals surface area contributed by atoms with Crippen LogP contribution < -0.4 is 0 Å². The molecule has 0 aliphatic carbocycles. The Kier molecular flexibility index (Phi) is 6.13. The van der Waals surface area contributed by atoms with Crippen molar-refractivity contribution >= 4 is 5.97 Å². The Labute approximate surface area is 151 Å². The van der Waals surface area contributed by atoms with Crippen LogP contribution in [-0.4, -0.2) is 49.8 Å². The number of hydrogen-bond acceptors (Lipinski definition) is 4. The molecule has 138 valence electrons. The largest absolute Gasteiger partial charge is 0.466 e. The molecule has 0 amide bonds. The second kappa shape index (κ2) is 8.33. The summed E-state index contributed by atoms with van der Waals surface area (Å²) in [5.41, 5.74) is 2.11. The minimum atomic E-state index is -0.418. The predicted molar refractivity (Wildman–Crippen MR) is 98.6 cm³/mol. The fourth-order valence-electron chi connectivity index (χ4n) is 4.37. The van der Waals surface area contributed by atoms with Gasteiger partial charge in [0.15, 0.2) is 0 Å². The van der Waals surface area contributed by atoms with E-state index in [4.69, 9.17) is 9.47 Å². The van der Waals surface area contributed by atoms with E-state index in [2.05, 4.69) is 36.1 Å². The number of carbonyl (C=O) groups excluding carboxylic acids is 1. The van der Waals surface area contributed by atoms with E-state index in [0.717, 1.165) is 58.4 Å². The first-order chi connectivity index (χ1) is 12.1. The van der Waals surface area contributed by atoms with Gasteiger partial charge in [0.25, 0.3) is 0 Å². The number of ether oxygens (including phenoxy) is 2. The maximum Gasteiger partial charge on any atom is 0.313 e. The van der Waals surface area contributed by atoms with Gasteiger partial charge in [-0.15, -0.1) is 0 Å². The molecule has 2 saturated heterocycles. The fourth-order valence-corrected chi connectivity index (χ4v) is 4.37. The molecule has 4 heteroatoms. The molecule has 1 atom stereocenters. The second-order valence-corrected chi connectivity index (χ2v) is 7.52. The molecule has 2 aliphatic heterocycles. The van der Waals surface area contributed by atoms with Crippen molar-refractivity contribution in [1.29, 1.82) is 0 Å². The van der Waals surface area contributed by atoms with Crippen LogP contribution in [0.15, 0.2) is 24.3 Å². The van der Waals surface area contributed by atoms with Gasteiger partial charge >= 0.3 is 5.97 Å². The van der Waals surface area contributed by atoms with Crippen molar-refractivity contribution in [2.75, 3.05) is 32.9 Å². The molecule has 0 N–H and O–H groups in total. The molecule has 2 fully saturated rings. The van der Waals surface area contributed by atoms with E-state index in [0.29, 0.717) is 12.6 Å². The van der Waals surface area contributed by atoms with E-state index in [-0.39, 0.29) is 5.97 Å². The van der Waals surface area contributed by atoms with Crippen LogP contribution in [0.5, 0.6) is 0 Å². The van der Waals surface area contributed by atoms with Crippen molar-refractivity contribution in [3.63, 3.8) is 0 Å². The molecule has 1 aromatic rings. The van der Waals surface area contributed by atoms with E-state index >= 15 is 0 Å².